The fraction of sp³-hybridized carbons (Fsp3) is 0.0909. The van der Waals surface area contributed by atoms with E-state index in [0.717, 1.165) is 11.1 Å². The van der Waals surface area contributed by atoms with Gasteiger partial charge in [-0.1, -0.05) is 42.5 Å². The lowest BCUT2D eigenvalue weighted by Crippen LogP contribution is -2.35. The van der Waals surface area contributed by atoms with Gasteiger partial charge in [0, 0.05) is 12.4 Å². The molecule has 0 saturated heterocycles. The standard InChI is InChI=1S/C22H18N4O2/c27-20(15-26-19-9-5-4-8-18(19)24-14-21(26)28)25-22(16-6-2-1-3-7-16)17-10-12-23-13-11-17/h1-14,22H,15H2,(H,25,27). The third-order valence-corrected chi connectivity index (χ3v) is 4.53. The molecule has 1 unspecified atom stereocenters. The van der Waals surface area contributed by atoms with E-state index in [9.17, 15) is 9.59 Å². The highest BCUT2D eigenvalue weighted by Gasteiger charge is 2.18. The topological polar surface area (TPSA) is 76.9 Å². The lowest BCUT2D eigenvalue weighted by Gasteiger charge is -2.20. The first-order valence-corrected chi connectivity index (χ1v) is 8.91. The number of amides is 1. The first-order valence-electron chi connectivity index (χ1n) is 8.91. The molecular weight excluding hydrogens is 352 g/mol. The van der Waals surface area contributed by atoms with Crippen LogP contribution in [-0.2, 0) is 11.3 Å². The summed E-state index contributed by atoms with van der Waals surface area (Å²) in [6.07, 6.45) is 4.63. The Hall–Kier alpha value is -3.80. The van der Waals surface area contributed by atoms with Gasteiger partial charge in [-0.2, -0.15) is 0 Å². The van der Waals surface area contributed by atoms with Crippen molar-refractivity contribution in [2.45, 2.75) is 12.6 Å². The molecule has 4 aromatic rings. The van der Waals surface area contributed by atoms with E-state index < -0.39 is 0 Å². The number of aromatic nitrogens is 3. The van der Waals surface area contributed by atoms with Crippen molar-refractivity contribution < 1.29 is 4.79 Å². The third kappa shape index (κ3) is 3.66. The second kappa shape index (κ2) is 7.84. The maximum atomic E-state index is 12.9. The SMILES string of the molecule is O=C(Cn1c(=O)cnc2ccccc21)NC(c1ccccc1)c1ccncc1. The zero-order chi connectivity index (χ0) is 19.3. The van der Waals surface area contributed by atoms with Gasteiger partial charge in [0.05, 0.1) is 23.3 Å². The molecule has 2 aromatic heterocycles. The Bertz CT molecular complexity index is 1120. The monoisotopic (exact) mass is 370 g/mol. The van der Waals surface area contributed by atoms with E-state index in [2.05, 4.69) is 15.3 Å². The third-order valence-electron chi connectivity index (χ3n) is 4.53. The molecule has 4 rings (SSSR count). The fourth-order valence-corrected chi connectivity index (χ4v) is 3.19. The highest BCUT2D eigenvalue weighted by atomic mass is 16.2. The van der Waals surface area contributed by atoms with Crippen LogP contribution in [0.5, 0.6) is 0 Å². The van der Waals surface area contributed by atoms with Gasteiger partial charge < -0.3 is 5.32 Å². The van der Waals surface area contributed by atoms with E-state index in [1.54, 1.807) is 18.5 Å². The molecule has 0 fully saturated rings. The van der Waals surface area contributed by atoms with Crippen molar-refractivity contribution in [3.63, 3.8) is 0 Å². The molecule has 0 bridgehead atoms. The highest BCUT2D eigenvalue weighted by molar-refractivity contribution is 5.80. The average molecular weight is 370 g/mol. The molecule has 0 aliphatic carbocycles. The summed E-state index contributed by atoms with van der Waals surface area (Å²) >= 11 is 0. The molecular formula is C22H18N4O2. The summed E-state index contributed by atoms with van der Waals surface area (Å²) in [5.41, 5.74) is 2.86. The van der Waals surface area contributed by atoms with Crippen molar-refractivity contribution in [2.24, 2.45) is 0 Å². The Morgan fingerprint density at radius 3 is 2.39 bits per heavy atom. The van der Waals surface area contributed by atoms with Gasteiger partial charge in [-0.15, -0.1) is 0 Å². The number of carbonyl (C=O) groups is 1. The van der Waals surface area contributed by atoms with Crippen LogP contribution in [-0.4, -0.2) is 20.4 Å². The number of nitrogens with zero attached hydrogens (tertiary/aromatic N) is 3. The first kappa shape index (κ1) is 17.6. The van der Waals surface area contributed by atoms with Crippen LogP contribution >= 0.6 is 0 Å². The van der Waals surface area contributed by atoms with Crippen molar-refractivity contribution in [2.75, 3.05) is 0 Å². The number of pyridine rings is 1. The Morgan fingerprint density at radius 1 is 0.929 bits per heavy atom. The minimum atomic E-state index is -0.333. The number of benzene rings is 2. The molecule has 1 N–H and O–H groups in total. The van der Waals surface area contributed by atoms with Gasteiger partial charge in [0.1, 0.15) is 6.54 Å². The van der Waals surface area contributed by atoms with Crippen LogP contribution < -0.4 is 10.9 Å². The Labute approximate surface area is 161 Å². The van der Waals surface area contributed by atoms with E-state index in [1.165, 1.54) is 10.8 Å². The van der Waals surface area contributed by atoms with Crippen molar-refractivity contribution in [3.8, 4) is 0 Å². The first-order chi connectivity index (χ1) is 13.7. The van der Waals surface area contributed by atoms with Gasteiger partial charge in [-0.3, -0.25) is 19.1 Å². The van der Waals surface area contributed by atoms with E-state index in [1.807, 2.05) is 60.7 Å². The van der Waals surface area contributed by atoms with Gasteiger partial charge in [0.2, 0.25) is 5.91 Å². The number of carbonyl (C=O) groups excluding carboxylic acids is 1. The van der Waals surface area contributed by atoms with Crippen LogP contribution in [0.3, 0.4) is 0 Å². The van der Waals surface area contributed by atoms with E-state index in [4.69, 9.17) is 0 Å². The van der Waals surface area contributed by atoms with Crippen molar-refractivity contribution in [3.05, 3.63) is 107 Å². The number of hydrogen-bond acceptors (Lipinski definition) is 4. The molecule has 1 amide bonds. The second-order valence-corrected chi connectivity index (χ2v) is 6.36. The maximum Gasteiger partial charge on any atom is 0.269 e. The van der Waals surface area contributed by atoms with E-state index >= 15 is 0 Å². The minimum Gasteiger partial charge on any atom is -0.344 e. The predicted octanol–water partition coefficient (Wildman–Crippen LogP) is 2.70. The summed E-state index contributed by atoms with van der Waals surface area (Å²) in [5.74, 6) is -0.260. The molecule has 1 atom stereocenters. The summed E-state index contributed by atoms with van der Waals surface area (Å²) in [5, 5.41) is 3.04. The second-order valence-electron chi connectivity index (χ2n) is 6.36. The molecule has 138 valence electrons. The number of hydrogen-bond donors (Lipinski definition) is 1. The summed E-state index contributed by atoms with van der Waals surface area (Å²) < 4.78 is 1.44. The summed E-state index contributed by atoms with van der Waals surface area (Å²) in [6.45, 7) is -0.0870. The molecule has 0 aliphatic heterocycles. The van der Waals surface area contributed by atoms with Crippen LogP contribution in [0.4, 0.5) is 0 Å². The smallest absolute Gasteiger partial charge is 0.269 e. The van der Waals surface area contributed by atoms with Crippen LogP contribution in [0, 0.1) is 0 Å². The minimum absolute atomic E-state index is 0.0870. The molecule has 2 aromatic carbocycles. The highest BCUT2D eigenvalue weighted by Crippen LogP contribution is 2.21. The molecule has 0 radical (unpaired) electrons. The lowest BCUT2D eigenvalue weighted by molar-refractivity contribution is -0.122. The molecule has 6 nitrogen and oxygen atoms in total. The molecule has 6 heteroatoms. The van der Waals surface area contributed by atoms with Crippen LogP contribution in [0.15, 0.2) is 90.1 Å². The number of fused-ring (bicyclic) bond motifs is 1. The molecule has 2 heterocycles. The quantitative estimate of drug-likeness (QED) is 0.586. The van der Waals surface area contributed by atoms with Gasteiger partial charge in [-0.05, 0) is 35.4 Å². The Morgan fingerprint density at radius 2 is 1.61 bits per heavy atom. The van der Waals surface area contributed by atoms with E-state index in [-0.39, 0.29) is 24.1 Å². The fourth-order valence-electron chi connectivity index (χ4n) is 3.19. The lowest BCUT2D eigenvalue weighted by atomic mass is 9.99. The van der Waals surface area contributed by atoms with E-state index in [0.29, 0.717) is 11.0 Å². The predicted molar refractivity (Wildman–Crippen MR) is 107 cm³/mol. The Balaban J connectivity index is 1.65. The zero-order valence-electron chi connectivity index (χ0n) is 15.0. The summed E-state index contributed by atoms with van der Waals surface area (Å²) in [7, 11) is 0. The van der Waals surface area contributed by atoms with Crippen molar-refractivity contribution in [1.29, 1.82) is 0 Å². The van der Waals surface area contributed by atoms with Crippen LogP contribution in [0.2, 0.25) is 0 Å². The van der Waals surface area contributed by atoms with Crippen LogP contribution in [0.25, 0.3) is 11.0 Å². The summed E-state index contributed by atoms with van der Waals surface area (Å²) in [6, 6.07) is 20.4. The molecule has 0 aliphatic rings. The maximum absolute atomic E-state index is 12.9. The molecule has 0 spiro atoms. The van der Waals surface area contributed by atoms with Gasteiger partial charge in [0.25, 0.3) is 5.56 Å². The zero-order valence-corrected chi connectivity index (χ0v) is 15.0. The average Bonchev–Trinajstić information content (AvgIpc) is 2.75. The Kier molecular flexibility index (Phi) is 4.93. The normalized spacial score (nSPS) is 11.9. The van der Waals surface area contributed by atoms with Gasteiger partial charge in [-0.25, -0.2) is 4.98 Å². The molecule has 28 heavy (non-hydrogen) atoms. The number of para-hydroxylation sites is 2. The largest absolute Gasteiger partial charge is 0.344 e. The van der Waals surface area contributed by atoms with Crippen LogP contribution in [0.1, 0.15) is 17.2 Å². The number of rotatable bonds is 5. The van der Waals surface area contributed by atoms with Gasteiger partial charge in [0.15, 0.2) is 0 Å². The molecule has 0 saturated carbocycles. The summed E-state index contributed by atoms with van der Waals surface area (Å²) in [4.78, 5) is 33.3. The van der Waals surface area contributed by atoms with Crippen molar-refractivity contribution >= 4 is 16.9 Å². The van der Waals surface area contributed by atoms with Crippen molar-refractivity contribution in [1.82, 2.24) is 19.9 Å². The number of nitrogens with one attached hydrogen (secondary N) is 1. The van der Waals surface area contributed by atoms with Gasteiger partial charge >= 0.3 is 0 Å².